The molecule has 0 N–H and O–H groups in total. The van der Waals surface area contributed by atoms with Gasteiger partial charge in [-0.05, 0) is 57.8 Å². The first-order valence-electron chi connectivity index (χ1n) is 27.4. The van der Waals surface area contributed by atoms with Gasteiger partial charge in [0.15, 0.2) is 12.4 Å². The monoisotopic (exact) mass is 942 g/mol. The number of nitrogens with zero attached hydrogens (tertiary/aromatic N) is 1. The van der Waals surface area contributed by atoms with Crippen molar-refractivity contribution in [3.8, 4) is 0 Å². The van der Waals surface area contributed by atoms with Gasteiger partial charge in [-0.25, -0.2) is 0 Å². The van der Waals surface area contributed by atoms with Gasteiger partial charge in [0.25, 0.3) is 0 Å². The highest BCUT2D eigenvalue weighted by atomic mass is 16.7. The number of hydrogen-bond donors (Lipinski definition) is 0. The summed E-state index contributed by atoms with van der Waals surface area (Å²) in [4.78, 5) is 36.9. The normalized spacial score (nSPS) is 13.3. The van der Waals surface area contributed by atoms with E-state index in [9.17, 15) is 19.5 Å². The summed E-state index contributed by atoms with van der Waals surface area (Å²) in [6.45, 7) is 4.59. The topological polar surface area (TPSA) is 111 Å². The second kappa shape index (κ2) is 49.4. The van der Waals surface area contributed by atoms with Crippen molar-refractivity contribution < 1.29 is 42.9 Å². The summed E-state index contributed by atoms with van der Waals surface area (Å²) in [6.07, 6.45) is 58.8. The molecule has 2 atom stereocenters. The van der Waals surface area contributed by atoms with Crippen LogP contribution in [0.3, 0.4) is 0 Å². The van der Waals surface area contributed by atoms with Crippen LogP contribution in [0.15, 0.2) is 60.8 Å². The fraction of sp³-hybridized carbons (Fsp3) is 0.776. The van der Waals surface area contributed by atoms with Crippen LogP contribution < -0.4 is 5.11 Å². The number of unbranched alkanes of at least 4 members (excludes halogenated alkanes) is 25. The fourth-order valence-electron chi connectivity index (χ4n) is 7.56. The average Bonchev–Trinajstić information content (AvgIpc) is 3.29. The molecule has 9 heteroatoms. The van der Waals surface area contributed by atoms with E-state index >= 15 is 0 Å². The van der Waals surface area contributed by atoms with Crippen LogP contribution in [0.2, 0.25) is 0 Å². The summed E-state index contributed by atoms with van der Waals surface area (Å²) in [5.74, 6) is -2.28. The summed E-state index contributed by atoms with van der Waals surface area (Å²) in [6, 6.07) is 0. The van der Waals surface area contributed by atoms with E-state index in [1.165, 1.54) is 135 Å². The first-order valence-corrected chi connectivity index (χ1v) is 27.4. The number of carbonyl (C=O) groups excluding carboxylic acids is 3. The van der Waals surface area contributed by atoms with Gasteiger partial charge in [0.05, 0.1) is 40.3 Å². The van der Waals surface area contributed by atoms with Gasteiger partial charge in [-0.3, -0.25) is 9.59 Å². The lowest BCUT2D eigenvalue weighted by molar-refractivity contribution is -0.870. The second-order valence-corrected chi connectivity index (χ2v) is 19.5. The molecule has 2 unspecified atom stereocenters. The van der Waals surface area contributed by atoms with Gasteiger partial charge in [-0.15, -0.1) is 0 Å². The summed E-state index contributed by atoms with van der Waals surface area (Å²) < 4.78 is 22.5. The van der Waals surface area contributed by atoms with Crippen LogP contribution in [0.25, 0.3) is 0 Å². The number of ether oxygens (including phenoxy) is 4. The zero-order valence-corrected chi connectivity index (χ0v) is 44.0. The Balaban J connectivity index is 3.94. The molecule has 9 nitrogen and oxygen atoms in total. The number of likely N-dealkylation sites (N-methyl/N-ethyl adjacent to an activating group) is 1. The molecule has 0 bridgehead atoms. The molecule has 0 rings (SSSR count). The van der Waals surface area contributed by atoms with E-state index in [0.29, 0.717) is 23.9 Å². The lowest BCUT2D eigenvalue weighted by Gasteiger charge is -2.26. The Kier molecular flexibility index (Phi) is 47.2. The minimum atomic E-state index is -1.62. The van der Waals surface area contributed by atoms with Gasteiger partial charge < -0.3 is 33.3 Å². The van der Waals surface area contributed by atoms with Crippen molar-refractivity contribution in [2.24, 2.45) is 0 Å². The highest BCUT2D eigenvalue weighted by molar-refractivity contribution is 5.70. The third-order valence-electron chi connectivity index (χ3n) is 11.8. The van der Waals surface area contributed by atoms with Gasteiger partial charge in [0.2, 0.25) is 0 Å². The lowest BCUT2D eigenvalue weighted by atomic mass is 10.0. The van der Waals surface area contributed by atoms with Gasteiger partial charge in [0, 0.05) is 12.8 Å². The minimum Gasteiger partial charge on any atom is -0.545 e. The zero-order valence-electron chi connectivity index (χ0n) is 44.0. The number of carboxylic acid groups (broad SMARTS) is 1. The molecule has 0 aliphatic rings. The second-order valence-electron chi connectivity index (χ2n) is 19.5. The van der Waals surface area contributed by atoms with Crippen molar-refractivity contribution in [1.29, 1.82) is 0 Å². The van der Waals surface area contributed by atoms with E-state index < -0.39 is 24.3 Å². The minimum absolute atomic E-state index is 0.149. The molecule has 67 heavy (non-hydrogen) atoms. The van der Waals surface area contributed by atoms with Crippen LogP contribution in [-0.2, 0) is 33.3 Å². The number of quaternary nitrogens is 1. The first-order chi connectivity index (χ1) is 32.6. The molecular weight excluding hydrogens is 839 g/mol. The molecule has 0 saturated heterocycles. The van der Waals surface area contributed by atoms with Gasteiger partial charge in [0.1, 0.15) is 13.2 Å². The number of aliphatic carboxylic acids is 1. The van der Waals surface area contributed by atoms with Crippen molar-refractivity contribution >= 4 is 17.9 Å². The van der Waals surface area contributed by atoms with Gasteiger partial charge >= 0.3 is 11.9 Å². The standard InChI is InChI=1S/C58H103NO8/c1-6-8-10-12-14-15-16-17-18-19-20-21-22-23-24-25-26-27-28-29-30-31-32-33-34-35-36-37-38-39-40-41-43-45-47-49-56(61)67-54(52-65-55(60)48-46-44-42-13-11-9-7-2)53-66-58(57(62)63)64-51-50-59(3,4)5/h8,10,14-15,17-18,20-21,23-24,54,58H,6-7,9,11-13,16,19,22,25-53H2,1-5H3/b10-8-,15-14-,18-17-,21-20-,24-23-. The summed E-state index contributed by atoms with van der Waals surface area (Å²) in [5.41, 5.74) is 0. The van der Waals surface area contributed by atoms with Crippen LogP contribution in [0.5, 0.6) is 0 Å². The van der Waals surface area contributed by atoms with E-state index in [1.54, 1.807) is 0 Å². The molecule has 0 aromatic heterocycles. The van der Waals surface area contributed by atoms with E-state index in [0.717, 1.165) is 64.2 Å². The first kappa shape index (κ1) is 64.0. The molecule has 0 saturated carbocycles. The molecule has 0 heterocycles. The number of allylic oxidation sites excluding steroid dienone is 10. The summed E-state index contributed by atoms with van der Waals surface area (Å²) in [7, 11) is 5.91. The Morgan fingerprint density at radius 2 is 0.851 bits per heavy atom. The predicted molar refractivity (Wildman–Crippen MR) is 278 cm³/mol. The molecular formula is C58H103NO8. The van der Waals surface area contributed by atoms with E-state index in [4.69, 9.17) is 18.9 Å². The van der Waals surface area contributed by atoms with Gasteiger partial charge in [-0.2, -0.15) is 0 Å². The maximum atomic E-state index is 12.8. The number of carboxylic acids is 1. The maximum Gasteiger partial charge on any atom is 0.306 e. The smallest absolute Gasteiger partial charge is 0.306 e. The molecule has 0 aromatic rings. The molecule has 0 radical (unpaired) electrons. The molecule has 0 amide bonds. The van der Waals surface area contributed by atoms with Crippen molar-refractivity contribution in [3.63, 3.8) is 0 Å². The summed E-state index contributed by atoms with van der Waals surface area (Å²) in [5, 5.41) is 11.7. The summed E-state index contributed by atoms with van der Waals surface area (Å²) >= 11 is 0. The predicted octanol–water partition coefficient (Wildman–Crippen LogP) is 14.3. The fourth-order valence-corrected chi connectivity index (χ4v) is 7.56. The molecule has 388 valence electrons. The Bertz CT molecular complexity index is 1280. The van der Waals surface area contributed by atoms with Crippen molar-refractivity contribution in [2.75, 3.05) is 47.5 Å². The molecule has 0 aromatic carbocycles. The average molecular weight is 942 g/mol. The number of hydrogen-bond acceptors (Lipinski definition) is 8. The largest absolute Gasteiger partial charge is 0.545 e. The van der Waals surface area contributed by atoms with E-state index in [2.05, 4.69) is 74.6 Å². The van der Waals surface area contributed by atoms with E-state index in [-0.39, 0.29) is 32.2 Å². The van der Waals surface area contributed by atoms with Gasteiger partial charge in [-0.1, -0.05) is 222 Å². The highest BCUT2D eigenvalue weighted by Crippen LogP contribution is 2.16. The van der Waals surface area contributed by atoms with Crippen molar-refractivity contribution in [3.05, 3.63) is 60.8 Å². The SMILES string of the molecule is CC/C=C\C/C=C\C/C=C\C/C=C\C/C=C\CCCCCCCCCCCCCCCCCCCCCC(=O)OC(COC(=O)CCCCCCCCC)COC(OCC[N+](C)(C)C)C(=O)[O-]. The number of esters is 2. The number of carbonyl (C=O) groups is 3. The Labute approximate surface area is 412 Å². The van der Waals surface area contributed by atoms with Crippen LogP contribution in [-0.4, -0.2) is 82.3 Å². The lowest BCUT2D eigenvalue weighted by Crippen LogP contribution is -2.44. The maximum absolute atomic E-state index is 12.8. The Morgan fingerprint density at radius 1 is 0.463 bits per heavy atom. The van der Waals surface area contributed by atoms with Crippen LogP contribution in [0, 0.1) is 0 Å². The van der Waals surface area contributed by atoms with E-state index in [1.807, 2.05) is 21.1 Å². The molecule has 0 fully saturated rings. The highest BCUT2D eigenvalue weighted by Gasteiger charge is 2.22. The number of rotatable bonds is 50. The third kappa shape index (κ3) is 50.7. The molecule has 0 spiro atoms. The molecule has 0 aliphatic carbocycles. The van der Waals surface area contributed by atoms with Crippen molar-refractivity contribution in [2.45, 2.75) is 245 Å². The van der Waals surface area contributed by atoms with Crippen LogP contribution >= 0.6 is 0 Å². The van der Waals surface area contributed by atoms with Crippen LogP contribution in [0.4, 0.5) is 0 Å². The van der Waals surface area contributed by atoms with Crippen molar-refractivity contribution in [1.82, 2.24) is 0 Å². The zero-order chi connectivity index (χ0) is 49.2. The Morgan fingerprint density at radius 3 is 1.27 bits per heavy atom. The quantitative estimate of drug-likeness (QED) is 0.0195. The molecule has 0 aliphatic heterocycles. The van der Waals surface area contributed by atoms with Crippen LogP contribution in [0.1, 0.15) is 232 Å². The third-order valence-corrected chi connectivity index (χ3v) is 11.8. The Hall–Kier alpha value is -3.01.